The molecule has 0 spiro atoms. The molecule has 0 bridgehead atoms. The maximum absolute atomic E-state index is 5.70. The molecule has 1 rings (SSSR count). The number of hydrogen-bond acceptors (Lipinski definition) is 4. The van der Waals surface area contributed by atoms with Gasteiger partial charge in [0.1, 0.15) is 6.10 Å². The first kappa shape index (κ1) is 12.6. The van der Waals surface area contributed by atoms with Crippen molar-refractivity contribution in [2.45, 2.75) is 19.4 Å². The lowest BCUT2D eigenvalue weighted by atomic mass is 10.3. The summed E-state index contributed by atoms with van der Waals surface area (Å²) < 4.78 is 10.7. The van der Waals surface area contributed by atoms with Gasteiger partial charge in [0, 0.05) is 36.6 Å². The molecule has 1 atom stereocenters. The van der Waals surface area contributed by atoms with Crippen LogP contribution >= 0.6 is 11.3 Å². The average molecular weight is 229 g/mol. The van der Waals surface area contributed by atoms with Gasteiger partial charge in [-0.15, -0.1) is 11.3 Å². The summed E-state index contributed by atoms with van der Waals surface area (Å²) in [6, 6.07) is 4.19. The molecule has 0 fully saturated rings. The predicted octanol–water partition coefficient (Wildman–Crippen LogP) is 2.11. The summed E-state index contributed by atoms with van der Waals surface area (Å²) in [5.74, 6) is 0. The molecule has 0 aliphatic heterocycles. The largest absolute Gasteiger partial charge is 0.385 e. The van der Waals surface area contributed by atoms with Crippen LogP contribution in [0.15, 0.2) is 12.1 Å². The van der Waals surface area contributed by atoms with Crippen LogP contribution in [0, 0.1) is 6.92 Å². The third-order valence-corrected chi connectivity index (χ3v) is 3.20. The Hall–Kier alpha value is -0.420. The van der Waals surface area contributed by atoms with E-state index in [1.165, 1.54) is 9.75 Å². The van der Waals surface area contributed by atoms with Crippen molar-refractivity contribution in [1.82, 2.24) is 0 Å². The summed E-state index contributed by atoms with van der Waals surface area (Å²) in [6.45, 7) is 4.06. The van der Waals surface area contributed by atoms with Crippen LogP contribution in [0.2, 0.25) is 0 Å². The van der Waals surface area contributed by atoms with Crippen molar-refractivity contribution in [3.05, 3.63) is 21.9 Å². The highest BCUT2D eigenvalue weighted by atomic mass is 32.1. The Labute approximate surface area is 95.2 Å². The predicted molar refractivity (Wildman–Crippen MR) is 63.3 cm³/mol. The fraction of sp³-hybridized carbons (Fsp3) is 0.636. The summed E-state index contributed by atoms with van der Waals surface area (Å²) >= 11 is 1.75. The van der Waals surface area contributed by atoms with Gasteiger partial charge in [0.15, 0.2) is 0 Å². The fourth-order valence-corrected chi connectivity index (χ4v) is 2.26. The molecule has 15 heavy (non-hydrogen) atoms. The molecule has 0 saturated carbocycles. The SMILES string of the molecule is COCCCOC(CN)c1ccc(C)s1. The summed E-state index contributed by atoms with van der Waals surface area (Å²) in [7, 11) is 1.70. The van der Waals surface area contributed by atoms with Crippen molar-refractivity contribution in [2.24, 2.45) is 5.73 Å². The number of rotatable bonds is 7. The minimum atomic E-state index is 0.0422. The minimum Gasteiger partial charge on any atom is -0.385 e. The van der Waals surface area contributed by atoms with Crippen LogP contribution in [-0.4, -0.2) is 26.9 Å². The summed E-state index contributed by atoms with van der Waals surface area (Å²) in [4.78, 5) is 2.51. The van der Waals surface area contributed by atoms with E-state index in [0.717, 1.165) is 13.0 Å². The molecule has 4 heteroatoms. The van der Waals surface area contributed by atoms with Crippen molar-refractivity contribution in [3.63, 3.8) is 0 Å². The van der Waals surface area contributed by atoms with Gasteiger partial charge in [0.25, 0.3) is 0 Å². The van der Waals surface area contributed by atoms with E-state index in [2.05, 4.69) is 19.1 Å². The second-order valence-electron chi connectivity index (χ2n) is 3.39. The molecule has 0 amide bonds. The standard InChI is InChI=1S/C11H19NO2S/c1-9-4-5-11(15-9)10(8-12)14-7-3-6-13-2/h4-5,10H,3,6-8,12H2,1-2H3. The number of hydrogen-bond donors (Lipinski definition) is 1. The van der Waals surface area contributed by atoms with Crippen LogP contribution in [0.3, 0.4) is 0 Å². The van der Waals surface area contributed by atoms with Gasteiger partial charge in [-0.05, 0) is 25.5 Å². The fourth-order valence-electron chi connectivity index (χ4n) is 1.32. The number of nitrogens with two attached hydrogens (primary N) is 1. The maximum Gasteiger partial charge on any atom is 0.104 e. The van der Waals surface area contributed by atoms with Gasteiger partial charge in [-0.1, -0.05) is 0 Å². The van der Waals surface area contributed by atoms with Gasteiger partial charge in [-0.25, -0.2) is 0 Å². The normalized spacial score (nSPS) is 13.0. The van der Waals surface area contributed by atoms with E-state index in [0.29, 0.717) is 13.2 Å². The monoisotopic (exact) mass is 229 g/mol. The second-order valence-corrected chi connectivity index (χ2v) is 4.71. The number of methoxy groups -OCH3 is 1. The average Bonchev–Trinajstić information content (AvgIpc) is 2.65. The molecule has 3 nitrogen and oxygen atoms in total. The molecule has 1 aromatic heterocycles. The summed E-state index contributed by atoms with van der Waals surface area (Å²) in [5.41, 5.74) is 5.68. The molecular weight excluding hydrogens is 210 g/mol. The van der Waals surface area contributed by atoms with Crippen LogP contribution in [0.25, 0.3) is 0 Å². The highest BCUT2D eigenvalue weighted by Crippen LogP contribution is 2.24. The molecule has 1 unspecified atom stereocenters. The first-order valence-electron chi connectivity index (χ1n) is 5.15. The topological polar surface area (TPSA) is 44.5 Å². The molecule has 0 aromatic carbocycles. The zero-order valence-electron chi connectivity index (χ0n) is 9.36. The van der Waals surface area contributed by atoms with Gasteiger partial charge < -0.3 is 15.2 Å². The van der Waals surface area contributed by atoms with Crippen molar-refractivity contribution < 1.29 is 9.47 Å². The van der Waals surface area contributed by atoms with Gasteiger partial charge in [-0.3, -0.25) is 0 Å². The molecule has 0 aliphatic rings. The van der Waals surface area contributed by atoms with Gasteiger partial charge in [-0.2, -0.15) is 0 Å². The minimum absolute atomic E-state index is 0.0422. The Bertz CT molecular complexity index is 275. The molecule has 1 aromatic rings. The van der Waals surface area contributed by atoms with E-state index in [9.17, 15) is 0 Å². The second kappa shape index (κ2) is 6.95. The lowest BCUT2D eigenvalue weighted by molar-refractivity contribution is 0.0459. The van der Waals surface area contributed by atoms with Gasteiger partial charge in [0.05, 0.1) is 0 Å². The zero-order chi connectivity index (χ0) is 11.1. The Morgan fingerprint density at radius 1 is 1.40 bits per heavy atom. The number of ether oxygens (including phenoxy) is 2. The Morgan fingerprint density at radius 3 is 2.73 bits per heavy atom. The summed E-state index contributed by atoms with van der Waals surface area (Å²) in [5, 5.41) is 0. The van der Waals surface area contributed by atoms with Crippen LogP contribution in [-0.2, 0) is 9.47 Å². The van der Waals surface area contributed by atoms with Crippen LogP contribution in [0.5, 0.6) is 0 Å². The van der Waals surface area contributed by atoms with Crippen molar-refractivity contribution in [1.29, 1.82) is 0 Å². The van der Waals surface area contributed by atoms with Crippen molar-refractivity contribution in [2.75, 3.05) is 26.9 Å². The quantitative estimate of drug-likeness (QED) is 0.728. The maximum atomic E-state index is 5.70. The summed E-state index contributed by atoms with van der Waals surface area (Å²) in [6.07, 6.45) is 0.956. The zero-order valence-corrected chi connectivity index (χ0v) is 10.2. The Kier molecular flexibility index (Phi) is 5.86. The smallest absolute Gasteiger partial charge is 0.104 e. The molecular formula is C11H19NO2S. The molecule has 1 heterocycles. The van der Waals surface area contributed by atoms with E-state index < -0.39 is 0 Å². The molecule has 86 valence electrons. The first-order valence-corrected chi connectivity index (χ1v) is 5.96. The Balaban J connectivity index is 2.35. The third-order valence-electron chi connectivity index (χ3n) is 2.10. The van der Waals surface area contributed by atoms with E-state index in [4.69, 9.17) is 15.2 Å². The highest BCUT2D eigenvalue weighted by molar-refractivity contribution is 7.12. The van der Waals surface area contributed by atoms with E-state index >= 15 is 0 Å². The van der Waals surface area contributed by atoms with Crippen LogP contribution in [0.1, 0.15) is 22.3 Å². The van der Waals surface area contributed by atoms with Gasteiger partial charge in [0.2, 0.25) is 0 Å². The first-order chi connectivity index (χ1) is 7.27. The third kappa shape index (κ3) is 4.30. The molecule has 0 saturated heterocycles. The number of aryl methyl sites for hydroxylation is 1. The van der Waals surface area contributed by atoms with Crippen molar-refractivity contribution in [3.8, 4) is 0 Å². The molecule has 2 N–H and O–H groups in total. The highest BCUT2D eigenvalue weighted by Gasteiger charge is 2.11. The van der Waals surface area contributed by atoms with Crippen molar-refractivity contribution >= 4 is 11.3 Å². The van der Waals surface area contributed by atoms with Crippen LogP contribution < -0.4 is 5.73 Å². The van der Waals surface area contributed by atoms with E-state index in [-0.39, 0.29) is 6.10 Å². The van der Waals surface area contributed by atoms with E-state index in [1.54, 1.807) is 18.4 Å². The van der Waals surface area contributed by atoms with Crippen LogP contribution in [0.4, 0.5) is 0 Å². The van der Waals surface area contributed by atoms with E-state index in [1.807, 2.05) is 0 Å². The Morgan fingerprint density at radius 2 is 2.20 bits per heavy atom. The lowest BCUT2D eigenvalue weighted by Crippen LogP contribution is -2.15. The number of thiophene rings is 1. The molecule has 0 radical (unpaired) electrons. The van der Waals surface area contributed by atoms with Gasteiger partial charge >= 0.3 is 0 Å². The molecule has 0 aliphatic carbocycles. The lowest BCUT2D eigenvalue weighted by Gasteiger charge is -2.14.